The van der Waals surface area contributed by atoms with Crippen LogP contribution in [0, 0.1) is 11.7 Å². The van der Waals surface area contributed by atoms with Crippen LogP contribution in [0.1, 0.15) is 13.3 Å². The topological polar surface area (TPSA) is 104 Å². The van der Waals surface area contributed by atoms with Crippen molar-refractivity contribution in [1.29, 1.82) is 0 Å². The molecule has 1 aliphatic carbocycles. The number of H-pyrrole nitrogens is 1. The summed E-state index contributed by atoms with van der Waals surface area (Å²) in [4.78, 5) is 47.0. The van der Waals surface area contributed by atoms with Gasteiger partial charge in [-0.15, -0.1) is 0 Å². The van der Waals surface area contributed by atoms with E-state index in [-0.39, 0.29) is 22.7 Å². The molecule has 0 saturated heterocycles. The SMILES string of the molecule is CC1C=C(NC(=O)C2=CCCN(c3ccc(F)cc3)C2=O)C(F)=CC1Oc1ccnc2[nH]c(=O)c3ccccc3c12. The number of nitrogens with zero attached hydrogens (tertiary/aromatic N) is 2. The standard InChI is InChI=1S/C31H24F2N4O4/c1-17-15-24(35-30(39)22-7-4-14-37(31(22)40)19-10-8-18(32)9-11-19)23(33)16-26(17)41-25-12-13-34-28-27(25)20-5-2-3-6-21(20)29(38)36-28/h2-3,5-13,15-17,26H,4,14H2,1H3,(H,35,39)(H,34,36,38). The van der Waals surface area contributed by atoms with Crippen molar-refractivity contribution in [2.24, 2.45) is 5.92 Å². The van der Waals surface area contributed by atoms with Crippen LogP contribution in [-0.2, 0) is 9.59 Å². The van der Waals surface area contributed by atoms with Crippen molar-refractivity contribution in [3.05, 3.63) is 112 Å². The first-order valence-corrected chi connectivity index (χ1v) is 13.0. The van der Waals surface area contributed by atoms with E-state index in [4.69, 9.17) is 4.74 Å². The van der Waals surface area contributed by atoms with Gasteiger partial charge in [0.05, 0.1) is 11.1 Å². The van der Waals surface area contributed by atoms with Crippen molar-refractivity contribution >= 4 is 39.3 Å². The number of rotatable bonds is 5. The zero-order valence-corrected chi connectivity index (χ0v) is 21.9. The Kier molecular flexibility index (Phi) is 6.66. The molecule has 0 radical (unpaired) electrons. The number of pyridine rings is 2. The number of carbonyl (C=O) groups excluding carboxylic acids is 2. The van der Waals surface area contributed by atoms with Gasteiger partial charge >= 0.3 is 0 Å². The molecule has 2 aromatic carbocycles. The van der Waals surface area contributed by atoms with Crippen molar-refractivity contribution in [2.45, 2.75) is 19.4 Å². The number of amides is 2. The lowest BCUT2D eigenvalue weighted by Gasteiger charge is -2.28. The van der Waals surface area contributed by atoms with E-state index in [0.29, 0.717) is 46.2 Å². The number of hydrogen-bond acceptors (Lipinski definition) is 5. The second-order valence-electron chi connectivity index (χ2n) is 9.86. The van der Waals surface area contributed by atoms with E-state index in [1.165, 1.54) is 53.6 Å². The number of aromatic nitrogens is 2. The van der Waals surface area contributed by atoms with Crippen LogP contribution in [0.25, 0.3) is 21.8 Å². The van der Waals surface area contributed by atoms with Gasteiger partial charge in [0.25, 0.3) is 17.4 Å². The molecule has 2 atom stereocenters. The fourth-order valence-electron chi connectivity index (χ4n) is 5.10. The molecule has 0 saturated carbocycles. The largest absolute Gasteiger partial charge is 0.485 e. The maximum atomic E-state index is 15.3. The lowest BCUT2D eigenvalue weighted by atomic mass is 9.96. The van der Waals surface area contributed by atoms with Gasteiger partial charge in [0, 0.05) is 35.1 Å². The highest BCUT2D eigenvalue weighted by molar-refractivity contribution is 6.24. The minimum Gasteiger partial charge on any atom is -0.485 e. The molecule has 206 valence electrons. The van der Waals surface area contributed by atoms with E-state index < -0.39 is 29.6 Å². The third kappa shape index (κ3) is 4.88. The molecule has 2 N–H and O–H groups in total. The molecule has 41 heavy (non-hydrogen) atoms. The predicted octanol–water partition coefficient (Wildman–Crippen LogP) is 4.83. The van der Waals surface area contributed by atoms with Gasteiger partial charge in [-0.1, -0.05) is 37.3 Å². The lowest BCUT2D eigenvalue weighted by Crippen LogP contribution is -2.41. The van der Waals surface area contributed by atoms with Gasteiger partial charge in [0.15, 0.2) is 0 Å². The first-order chi connectivity index (χ1) is 19.8. The Labute approximate surface area is 232 Å². The van der Waals surface area contributed by atoms with E-state index in [9.17, 15) is 18.8 Å². The molecule has 2 aromatic heterocycles. The van der Waals surface area contributed by atoms with Gasteiger partial charge in [-0.2, -0.15) is 0 Å². The predicted molar refractivity (Wildman–Crippen MR) is 150 cm³/mol. The summed E-state index contributed by atoms with van der Waals surface area (Å²) < 4.78 is 34.8. The third-order valence-corrected chi connectivity index (χ3v) is 7.17. The number of fused-ring (bicyclic) bond motifs is 3. The third-order valence-electron chi connectivity index (χ3n) is 7.17. The van der Waals surface area contributed by atoms with E-state index in [1.54, 1.807) is 24.3 Å². The van der Waals surface area contributed by atoms with Crippen LogP contribution in [0.3, 0.4) is 0 Å². The number of allylic oxidation sites excluding steroid dienone is 1. The molecule has 4 aromatic rings. The molecular formula is C31H24F2N4O4. The summed E-state index contributed by atoms with van der Waals surface area (Å²) >= 11 is 0. The summed E-state index contributed by atoms with van der Waals surface area (Å²) in [5, 5.41) is 4.26. The minimum atomic E-state index is -0.737. The van der Waals surface area contributed by atoms with Gasteiger partial charge in [0.1, 0.15) is 34.7 Å². The molecule has 3 heterocycles. The van der Waals surface area contributed by atoms with Crippen molar-refractivity contribution in [3.63, 3.8) is 0 Å². The lowest BCUT2D eigenvalue weighted by molar-refractivity contribution is -0.122. The number of aromatic amines is 1. The monoisotopic (exact) mass is 554 g/mol. The summed E-state index contributed by atoms with van der Waals surface area (Å²) in [6.45, 7) is 2.14. The number of benzene rings is 2. The second-order valence-corrected chi connectivity index (χ2v) is 9.86. The van der Waals surface area contributed by atoms with Crippen LogP contribution in [0.5, 0.6) is 5.75 Å². The Bertz CT molecular complexity index is 1860. The van der Waals surface area contributed by atoms with Crippen LogP contribution in [0.4, 0.5) is 14.5 Å². The maximum absolute atomic E-state index is 15.3. The quantitative estimate of drug-likeness (QED) is 0.272. The van der Waals surface area contributed by atoms with Gasteiger partial charge in [-0.25, -0.2) is 13.8 Å². The number of hydrogen-bond donors (Lipinski definition) is 2. The van der Waals surface area contributed by atoms with Crippen LogP contribution in [0.15, 0.2) is 101 Å². The molecule has 2 unspecified atom stereocenters. The summed E-state index contributed by atoms with van der Waals surface area (Å²) in [6, 6.07) is 14.1. The van der Waals surface area contributed by atoms with Crippen molar-refractivity contribution in [3.8, 4) is 5.75 Å². The zero-order chi connectivity index (χ0) is 28.7. The summed E-state index contributed by atoms with van der Waals surface area (Å²) in [5.41, 5.74) is 0.355. The molecular weight excluding hydrogens is 530 g/mol. The fraction of sp³-hybridized carbons (Fsp3) is 0.161. The number of ether oxygens (including phenoxy) is 1. The molecule has 8 nitrogen and oxygen atoms in total. The first-order valence-electron chi connectivity index (χ1n) is 13.0. The summed E-state index contributed by atoms with van der Waals surface area (Å²) in [6.07, 6.45) is 5.50. The molecule has 1 aliphatic heterocycles. The van der Waals surface area contributed by atoms with Crippen molar-refractivity contribution in [2.75, 3.05) is 11.4 Å². The van der Waals surface area contributed by atoms with E-state index in [2.05, 4.69) is 15.3 Å². The number of anilines is 1. The molecule has 0 bridgehead atoms. The van der Waals surface area contributed by atoms with Crippen LogP contribution >= 0.6 is 0 Å². The summed E-state index contributed by atoms with van der Waals surface area (Å²) in [7, 11) is 0. The average Bonchev–Trinajstić information content (AvgIpc) is 2.96. The Morgan fingerprint density at radius 1 is 1.05 bits per heavy atom. The van der Waals surface area contributed by atoms with E-state index in [1.807, 2.05) is 13.0 Å². The highest BCUT2D eigenvalue weighted by Crippen LogP contribution is 2.33. The van der Waals surface area contributed by atoms with E-state index >= 15 is 4.39 Å². The number of halogens is 2. The molecule has 0 fully saturated rings. The smallest absolute Gasteiger partial charge is 0.263 e. The second kappa shape index (κ2) is 10.5. The Morgan fingerprint density at radius 3 is 2.59 bits per heavy atom. The van der Waals surface area contributed by atoms with Crippen LogP contribution in [-0.4, -0.2) is 34.4 Å². The minimum absolute atomic E-state index is 0.0654. The maximum Gasteiger partial charge on any atom is 0.263 e. The van der Waals surface area contributed by atoms with Gasteiger partial charge in [0.2, 0.25) is 0 Å². The number of carbonyl (C=O) groups is 2. The zero-order valence-electron chi connectivity index (χ0n) is 21.9. The molecule has 0 spiro atoms. The fourth-order valence-corrected chi connectivity index (χ4v) is 5.10. The molecule has 6 rings (SSSR count). The Morgan fingerprint density at radius 2 is 1.80 bits per heavy atom. The Balaban J connectivity index is 1.21. The van der Waals surface area contributed by atoms with Gasteiger partial charge in [-0.3, -0.25) is 14.4 Å². The highest BCUT2D eigenvalue weighted by atomic mass is 19.1. The molecule has 10 heteroatoms. The van der Waals surface area contributed by atoms with Crippen molar-refractivity contribution in [1.82, 2.24) is 15.3 Å². The average molecular weight is 555 g/mol. The normalized spacial score (nSPS) is 19.0. The highest BCUT2D eigenvalue weighted by Gasteiger charge is 2.31. The number of nitrogens with one attached hydrogen (secondary N) is 2. The van der Waals surface area contributed by atoms with Gasteiger partial charge < -0.3 is 19.9 Å². The Hall–Kier alpha value is -5.12. The molecule has 2 aliphatic rings. The van der Waals surface area contributed by atoms with Crippen LogP contribution in [0.2, 0.25) is 0 Å². The van der Waals surface area contributed by atoms with E-state index in [0.717, 1.165) is 0 Å². The summed E-state index contributed by atoms with van der Waals surface area (Å²) in [5.74, 6) is -2.38. The van der Waals surface area contributed by atoms with Gasteiger partial charge in [-0.05, 0) is 48.9 Å². The van der Waals surface area contributed by atoms with Crippen molar-refractivity contribution < 1.29 is 23.1 Å². The first kappa shape index (κ1) is 26.1. The molecule has 2 amide bonds. The van der Waals surface area contributed by atoms with Crippen LogP contribution < -0.4 is 20.5 Å².